The molecule has 0 unspecified atom stereocenters. The van der Waals surface area contributed by atoms with Gasteiger partial charge in [-0.3, -0.25) is 4.79 Å². The van der Waals surface area contributed by atoms with Gasteiger partial charge in [-0.15, -0.1) is 12.4 Å². The van der Waals surface area contributed by atoms with Gasteiger partial charge < -0.3 is 15.0 Å². The molecule has 1 N–H and O–H groups in total. The number of methoxy groups -OCH3 is 1. The molecule has 100 valence electrons. The monoisotopic (exact) mass is 270 g/mol. The molecule has 5 heteroatoms. The van der Waals surface area contributed by atoms with Crippen LogP contribution in [0.5, 0.6) is 0 Å². The van der Waals surface area contributed by atoms with Crippen LogP contribution in [0.25, 0.3) is 0 Å². The van der Waals surface area contributed by atoms with Crippen LogP contribution in [-0.4, -0.2) is 44.1 Å². The van der Waals surface area contributed by atoms with Gasteiger partial charge in [0, 0.05) is 38.9 Å². The lowest BCUT2D eigenvalue weighted by Gasteiger charge is -2.28. The van der Waals surface area contributed by atoms with E-state index in [4.69, 9.17) is 4.74 Å². The number of piperazine rings is 1. The molecule has 0 atom stereocenters. The molecule has 1 aromatic rings. The minimum atomic E-state index is 0. The summed E-state index contributed by atoms with van der Waals surface area (Å²) in [5.41, 5.74) is 1.72. The molecule has 18 heavy (non-hydrogen) atoms. The zero-order chi connectivity index (χ0) is 12.1. The van der Waals surface area contributed by atoms with Gasteiger partial charge in [0.05, 0.1) is 6.61 Å². The minimum Gasteiger partial charge on any atom is -0.380 e. The van der Waals surface area contributed by atoms with Gasteiger partial charge >= 0.3 is 0 Å². The van der Waals surface area contributed by atoms with Crippen molar-refractivity contribution in [2.24, 2.45) is 0 Å². The van der Waals surface area contributed by atoms with E-state index in [0.717, 1.165) is 37.3 Å². The number of hydrogen-bond acceptors (Lipinski definition) is 3. The molecule has 0 radical (unpaired) electrons. The van der Waals surface area contributed by atoms with Crippen LogP contribution in [-0.2, 0) is 11.3 Å². The fraction of sp³-hybridized carbons (Fsp3) is 0.462. The number of carbonyl (C=O) groups is 1. The standard InChI is InChI=1S/C13H18N2O2.ClH/c1-17-10-11-4-2-3-5-12(11)13(16)15-8-6-14-7-9-15;/h2-5,14H,6-10H2,1H3;1H. The van der Waals surface area contributed by atoms with Crippen molar-refractivity contribution in [3.63, 3.8) is 0 Å². The number of halogens is 1. The maximum absolute atomic E-state index is 12.3. The Balaban J connectivity index is 0.00000162. The summed E-state index contributed by atoms with van der Waals surface area (Å²) in [6.45, 7) is 3.78. The molecule has 0 bridgehead atoms. The fourth-order valence-electron chi connectivity index (χ4n) is 2.05. The lowest BCUT2D eigenvalue weighted by Crippen LogP contribution is -2.46. The van der Waals surface area contributed by atoms with Crippen molar-refractivity contribution in [3.8, 4) is 0 Å². The van der Waals surface area contributed by atoms with Crippen LogP contribution in [0.4, 0.5) is 0 Å². The summed E-state index contributed by atoms with van der Waals surface area (Å²) in [4.78, 5) is 14.2. The normalized spacial score (nSPS) is 15.1. The van der Waals surface area contributed by atoms with E-state index in [1.165, 1.54) is 0 Å². The highest BCUT2D eigenvalue weighted by molar-refractivity contribution is 5.95. The van der Waals surface area contributed by atoms with Gasteiger partial charge in [0.15, 0.2) is 0 Å². The van der Waals surface area contributed by atoms with Gasteiger partial charge in [-0.1, -0.05) is 18.2 Å². The van der Waals surface area contributed by atoms with E-state index in [-0.39, 0.29) is 18.3 Å². The average molecular weight is 271 g/mol. The molecule has 0 spiro atoms. The Morgan fingerprint density at radius 1 is 1.33 bits per heavy atom. The van der Waals surface area contributed by atoms with Gasteiger partial charge in [0.25, 0.3) is 5.91 Å². The quantitative estimate of drug-likeness (QED) is 0.900. The smallest absolute Gasteiger partial charge is 0.254 e. The average Bonchev–Trinajstić information content (AvgIpc) is 2.40. The van der Waals surface area contributed by atoms with Crippen molar-refractivity contribution < 1.29 is 9.53 Å². The van der Waals surface area contributed by atoms with Gasteiger partial charge in [0.1, 0.15) is 0 Å². The molecule has 1 heterocycles. The summed E-state index contributed by atoms with van der Waals surface area (Å²) in [7, 11) is 1.64. The molecule has 4 nitrogen and oxygen atoms in total. The third-order valence-corrected chi connectivity index (χ3v) is 2.95. The Kier molecular flexibility index (Phi) is 6.12. The molecular formula is C13H19ClN2O2. The second-order valence-electron chi connectivity index (χ2n) is 4.13. The number of benzene rings is 1. The molecule has 1 fully saturated rings. The van der Waals surface area contributed by atoms with Crippen molar-refractivity contribution in [2.75, 3.05) is 33.3 Å². The molecule has 0 saturated carbocycles. The van der Waals surface area contributed by atoms with Crippen LogP contribution in [0.1, 0.15) is 15.9 Å². The molecule has 1 aliphatic rings. The zero-order valence-corrected chi connectivity index (χ0v) is 11.3. The number of nitrogens with zero attached hydrogens (tertiary/aromatic N) is 1. The minimum absolute atomic E-state index is 0. The molecule has 1 saturated heterocycles. The molecule has 2 rings (SSSR count). The maximum atomic E-state index is 12.3. The van der Waals surface area contributed by atoms with Crippen molar-refractivity contribution in [1.29, 1.82) is 0 Å². The van der Waals surface area contributed by atoms with Gasteiger partial charge in [-0.2, -0.15) is 0 Å². The third kappa shape index (κ3) is 3.45. The summed E-state index contributed by atoms with van der Waals surface area (Å²) < 4.78 is 5.12. The highest BCUT2D eigenvalue weighted by Gasteiger charge is 2.19. The molecule has 1 aromatic carbocycles. The number of ether oxygens (including phenoxy) is 1. The lowest BCUT2D eigenvalue weighted by atomic mass is 10.1. The molecule has 1 aliphatic heterocycles. The fourth-order valence-corrected chi connectivity index (χ4v) is 2.05. The molecule has 1 amide bonds. The number of rotatable bonds is 3. The molecule has 0 aromatic heterocycles. The number of carbonyl (C=O) groups excluding carboxylic acids is 1. The van der Waals surface area contributed by atoms with Crippen LogP contribution in [0.15, 0.2) is 24.3 Å². The van der Waals surface area contributed by atoms with E-state index in [1.807, 2.05) is 29.2 Å². The van der Waals surface area contributed by atoms with E-state index < -0.39 is 0 Å². The highest BCUT2D eigenvalue weighted by atomic mass is 35.5. The van der Waals surface area contributed by atoms with E-state index in [0.29, 0.717) is 6.61 Å². The Morgan fingerprint density at radius 2 is 2.00 bits per heavy atom. The first kappa shape index (κ1) is 15.0. The summed E-state index contributed by atoms with van der Waals surface area (Å²) in [6, 6.07) is 7.65. The third-order valence-electron chi connectivity index (χ3n) is 2.95. The maximum Gasteiger partial charge on any atom is 0.254 e. The van der Waals surface area contributed by atoms with Crippen molar-refractivity contribution in [2.45, 2.75) is 6.61 Å². The number of amides is 1. The van der Waals surface area contributed by atoms with Crippen LogP contribution >= 0.6 is 12.4 Å². The summed E-state index contributed by atoms with van der Waals surface area (Å²) in [6.07, 6.45) is 0. The Labute approximate surface area is 114 Å². The van der Waals surface area contributed by atoms with Crippen LogP contribution in [0.3, 0.4) is 0 Å². The van der Waals surface area contributed by atoms with E-state index in [9.17, 15) is 4.79 Å². The predicted molar refractivity (Wildman–Crippen MR) is 73.2 cm³/mol. The first-order chi connectivity index (χ1) is 8.33. The molecule has 0 aliphatic carbocycles. The highest BCUT2D eigenvalue weighted by Crippen LogP contribution is 2.13. The van der Waals surface area contributed by atoms with E-state index in [1.54, 1.807) is 7.11 Å². The van der Waals surface area contributed by atoms with Crippen molar-refractivity contribution in [1.82, 2.24) is 10.2 Å². The van der Waals surface area contributed by atoms with Gasteiger partial charge in [0.2, 0.25) is 0 Å². The van der Waals surface area contributed by atoms with Crippen LogP contribution in [0, 0.1) is 0 Å². The predicted octanol–water partition coefficient (Wildman–Crippen LogP) is 1.30. The van der Waals surface area contributed by atoms with Crippen molar-refractivity contribution >= 4 is 18.3 Å². The Bertz CT molecular complexity index is 392. The number of hydrogen-bond donors (Lipinski definition) is 1. The lowest BCUT2D eigenvalue weighted by molar-refractivity contribution is 0.0731. The van der Waals surface area contributed by atoms with Gasteiger partial charge in [-0.25, -0.2) is 0 Å². The second-order valence-corrected chi connectivity index (χ2v) is 4.13. The van der Waals surface area contributed by atoms with Gasteiger partial charge in [-0.05, 0) is 11.6 Å². The summed E-state index contributed by atoms with van der Waals surface area (Å²) in [5.74, 6) is 0.110. The Hall–Kier alpha value is -1.10. The zero-order valence-electron chi connectivity index (χ0n) is 10.5. The summed E-state index contributed by atoms with van der Waals surface area (Å²) >= 11 is 0. The molecular weight excluding hydrogens is 252 g/mol. The topological polar surface area (TPSA) is 41.6 Å². The second kappa shape index (κ2) is 7.36. The number of nitrogens with one attached hydrogen (secondary N) is 1. The largest absolute Gasteiger partial charge is 0.380 e. The first-order valence-corrected chi connectivity index (χ1v) is 5.90. The van der Waals surface area contributed by atoms with Crippen molar-refractivity contribution in [3.05, 3.63) is 35.4 Å². The van der Waals surface area contributed by atoms with E-state index >= 15 is 0 Å². The van der Waals surface area contributed by atoms with E-state index in [2.05, 4.69) is 5.32 Å². The SMILES string of the molecule is COCc1ccccc1C(=O)N1CCNCC1.Cl. The first-order valence-electron chi connectivity index (χ1n) is 5.90. The summed E-state index contributed by atoms with van der Waals surface area (Å²) in [5, 5.41) is 3.24. The van der Waals surface area contributed by atoms with Crippen LogP contribution in [0.2, 0.25) is 0 Å². The van der Waals surface area contributed by atoms with Crippen LogP contribution < -0.4 is 5.32 Å². The Morgan fingerprint density at radius 3 is 2.67 bits per heavy atom.